The molecule has 34 heavy (non-hydrogen) atoms. The largest absolute Gasteiger partial charge is 0.387 e. The zero-order valence-corrected chi connectivity index (χ0v) is 21.4. The molecule has 0 aromatic heterocycles. The number of epoxide rings is 1. The van der Waals surface area contributed by atoms with Gasteiger partial charge in [0.2, 0.25) is 5.91 Å². The number of nitrogens with one attached hydrogen (secondary N) is 1. The molecular weight excluding hydrogens is 432 g/mol. The van der Waals surface area contributed by atoms with E-state index in [-0.39, 0.29) is 30.3 Å². The highest BCUT2D eigenvalue weighted by atomic mass is 16.6. The zero-order valence-electron chi connectivity index (χ0n) is 21.4. The van der Waals surface area contributed by atoms with Gasteiger partial charge in [0.25, 0.3) is 0 Å². The maximum atomic E-state index is 12.2. The highest BCUT2D eigenvalue weighted by molar-refractivity contribution is 5.87. The summed E-state index contributed by atoms with van der Waals surface area (Å²) in [6, 6.07) is 0.0175. The smallest absolute Gasteiger partial charge is 0.243 e. The second-order valence-electron chi connectivity index (χ2n) is 10.7. The van der Waals surface area contributed by atoms with E-state index in [9.17, 15) is 9.90 Å². The molecule has 8 atom stereocenters. The number of carbonyl (C=O) groups is 1. The van der Waals surface area contributed by atoms with Gasteiger partial charge in [-0.1, -0.05) is 50.6 Å². The third kappa shape index (κ3) is 7.25. The number of amides is 1. The second kappa shape index (κ2) is 12.0. The summed E-state index contributed by atoms with van der Waals surface area (Å²) in [6.07, 6.45) is 11.8. The van der Waals surface area contributed by atoms with Crippen molar-refractivity contribution >= 4 is 5.91 Å². The Bertz CT molecular complexity index is 773. The van der Waals surface area contributed by atoms with Gasteiger partial charge in [0.1, 0.15) is 17.8 Å². The van der Waals surface area contributed by atoms with Crippen molar-refractivity contribution < 1.29 is 24.1 Å². The molecule has 3 fully saturated rings. The van der Waals surface area contributed by atoms with Gasteiger partial charge in [-0.2, -0.15) is 0 Å². The average Bonchev–Trinajstić information content (AvgIpc) is 3.55. The maximum Gasteiger partial charge on any atom is 0.243 e. The van der Waals surface area contributed by atoms with E-state index in [4.69, 9.17) is 19.9 Å². The normalized spacial score (nSPS) is 38.8. The quantitative estimate of drug-likeness (QED) is 0.268. The van der Waals surface area contributed by atoms with Gasteiger partial charge < -0.3 is 30.4 Å². The van der Waals surface area contributed by atoms with Crippen LogP contribution in [0.5, 0.6) is 0 Å². The summed E-state index contributed by atoms with van der Waals surface area (Å²) in [5.41, 5.74) is 6.35. The van der Waals surface area contributed by atoms with E-state index in [0.29, 0.717) is 31.4 Å². The molecule has 0 aromatic rings. The molecule has 3 saturated heterocycles. The molecule has 0 unspecified atom stereocenters. The molecule has 1 spiro atoms. The summed E-state index contributed by atoms with van der Waals surface area (Å²) in [6.45, 7) is 11.5. The minimum Gasteiger partial charge on any atom is -0.387 e. The SMILES string of the molecule is CC(/C=C/[C@H]1O[C@H](CCN)C[C@@]2(CO2)[C@@H]1O)=C\C[C@@H]1O[C@H](C)[C@H](NC(=O)/C=C\C(C)C)C[C@@H]1C. The van der Waals surface area contributed by atoms with Gasteiger partial charge in [-0.15, -0.1) is 0 Å². The molecule has 3 rings (SSSR count). The van der Waals surface area contributed by atoms with E-state index in [1.165, 1.54) is 0 Å². The van der Waals surface area contributed by atoms with Gasteiger partial charge >= 0.3 is 0 Å². The topological polar surface area (TPSA) is 106 Å². The van der Waals surface area contributed by atoms with E-state index < -0.39 is 17.8 Å². The Labute approximate surface area is 204 Å². The Balaban J connectivity index is 1.51. The minimum absolute atomic E-state index is 0.0158. The Kier molecular flexibility index (Phi) is 9.52. The Morgan fingerprint density at radius 1 is 1.26 bits per heavy atom. The lowest BCUT2D eigenvalue weighted by Gasteiger charge is -2.39. The van der Waals surface area contributed by atoms with Crippen molar-refractivity contribution in [3.8, 4) is 0 Å². The fraction of sp³-hybridized carbons (Fsp3) is 0.741. The van der Waals surface area contributed by atoms with Crippen LogP contribution in [0.25, 0.3) is 0 Å². The Morgan fingerprint density at radius 2 is 2.00 bits per heavy atom. The van der Waals surface area contributed by atoms with Gasteiger partial charge in [0.05, 0.1) is 31.0 Å². The van der Waals surface area contributed by atoms with Crippen molar-refractivity contribution in [1.82, 2.24) is 5.32 Å². The van der Waals surface area contributed by atoms with Crippen LogP contribution in [0.3, 0.4) is 0 Å². The minimum atomic E-state index is -0.657. The van der Waals surface area contributed by atoms with Crippen molar-refractivity contribution in [2.24, 2.45) is 17.6 Å². The van der Waals surface area contributed by atoms with Crippen molar-refractivity contribution in [1.29, 1.82) is 0 Å². The van der Waals surface area contributed by atoms with Crippen molar-refractivity contribution in [3.63, 3.8) is 0 Å². The summed E-state index contributed by atoms with van der Waals surface area (Å²) in [4.78, 5) is 12.2. The lowest BCUT2D eigenvalue weighted by Crippen LogP contribution is -2.50. The third-order valence-corrected chi connectivity index (χ3v) is 7.17. The molecule has 1 amide bonds. The van der Waals surface area contributed by atoms with Gasteiger partial charge in [0, 0.05) is 6.42 Å². The van der Waals surface area contributed by atoms with E-state index in [2.05, 4.69) is 32.2 Å². The summed E-state index contributed by atoms with van der Waals surface area (Å²) in [7, 11) is 0. The van der Waals surface area contributed by atoms with Gasteiger partial charge in [-0.3, -0.25) is 4.79 Å². The lowest BCUT2D eigenvalue weighted by molar-refractivity contribution is -0.133. The van der Waals surface area contributed by atoms with Crippen LogP contribution in [0.4, 0.5) is 0 Å². The van der Waals surface area contributed by atoms with Crippen LogP contribution in [0.15, 0.2) is 36.0 Å². The van der Waals surface area contributed by atoms with Crippen molar-refractivity contribution in [2.45, 2.75) is 102 Å². The summed E-state index contributed by atoms with van der Waals surface area (Å²) < 4.78 is 18.0. The number of aliphatic hydroxyl groups excluding tert-OH is 1. The highest BCUT2D eigenvalue weighted by Crippen LogP contribution is 2.43. The number of aliphatic hydroxyl groups is 1. The number of nitrogens with two attached hydrogens (primary N) is 1. The molecule has 0 aromatic carbocycles. The average molecular weight is 477 g/mol. The molecule has 3 heterocycles. The number of allylic oxidation sites excluding steroid dienone is 3. The zero-order chi connectivity index (χ0) is 24.9. The molecule has 7 nitrogen and oxygen atoms in total. The van der Waals surface area contributed by atoms with Crippen LogP contribution < -0.4 is 11.1 Å². The Hall–Kier alpha value is -1.51. The molecule has 0 aliphatic carbocycles. The van der Waals surface area contributed by atoms with E-state index >= 15 is 0 Å². The van der Waals surface area contributed by atoms with Crippen LogP contribution in [0.2, 0.25) is 0 Å². The van der Waals surface area contributed by atoms with Crippen LogP contribution in [0, 0.1) is 11.8 Å². The van der Waals surface area contributed by atoms with Gasteiger partial charge in [-0.25, -0.2) is 0 Å². The van der Waals surface area contributed by atoms with Crippen LogP contribution in [0.1, 0.15) is 60.3 Å². The molecule has 3 aliphatic heterocycles. The summed E-state index contributed by atoms with van der Waals surface area (Å²) in [5.74, 6) is 0.623. The fourth-order valence-electron chi connectivity index (χ4n) is 4.88. The number of rotatable bonds is 9. The van der Waals surface area contributed by atoms with Gasteiger partial charge in [-0.05, 0) is 57.6 Å². The fourth-order valence-corrected chi connectivity index (χ4v) is 4.88. The number of ether oxygens (including phenoxy) is 3. The molecule has 0 radical (unpaired) electrons. The highest BCUT2D eigenvalue weighted by Gasteiger charge is 2.58. The first-order chi connectivity index (χ1) is 16.1. The second-order valence-corrected chi connectivity index (χ2v) is 10.7. The number of hydrogen-bond donors (Lipinski definition) is 3. The Morgan fingerprint density at radius 3 is 2.65 bits per heavy atom. The molecule has 7 heteroatoms. The first-order valence-corrected chi connectivity index (χ1v) is 12.8. The maximum absolute atomic E-state index is 12.2. The third-order valence-electron chi connectivity index (χ3n) is 7.17. The summed E-state index contributed by atoms with van der Waals surface area (Å²) >= 11 is 0. The first-order valence-electron chi connectivity index (χ1n) is 12.8. The molecule has 0 bridgehead atoms. The molecule has 4 N–H and O–H groups in total. The standard InChI is InChI=1S/C27H44N2O5/c1-17(2)6-11-25(30)29-22-14-19(4)23(33-20(22)5)9-7-18(3)8-10-24-26(31)27(16-32-27)15-21(34-24)12-13-28/h6-8,10-11,17,19-24,26,31H,9,12-16,28H2,1-5H3,(H,29,30)/b10-8+,11-6-,18-7+/t19-,20+,21+,22+,23-,24+,26+,27+/m0/s1. The number of carbonyl (C=O) groups excluding carboxylic acids is 1. The molecular formula is C27H44N2O5. The number of hydrogen-bond acceptors (Lipinski definition) is 6. The molecule has 192 valence electrons. The van der Waals surface area contributed by atoms with Crippen LogP contribution in [-0.4, -0.2) is 66.3 Å². The first kappa shape index (κ1) is 27.1. The molecule has 0 saturated carbocycles. The lowest BCUT2D eigenvalue weighted by atomic mass is 9.87. The van der Waals surface area contributed by atoms with E-state index in [1.54, 1.807) is 6.08 Å². The van der Waals surface area contributed by atoms with Crippen molar-refractivity contribution in [3.05, 3.63) is 36.0 Å². The summed E-state index contributed by atoms with van der Waals surface area (Å²) in [5, 5.41) is 13.8. The monoisotopic (exact) mass is 476 g/mol. The molecule has 3 aliphatic rings. The van der Waals surface area contributed by atoms with Crippen molar-refractivity contribution in [2.75, 3.05) is 13.2 Å². The predicted molar refractivity (Wildman–Crippen MR) is 133 cm³/mol. The van der Waals surface area contributed by atoms with E-state index in [1.807, 2.05) is 32.1 Å². The van der Waals surface area contributed by atoms with Gasteiger partial charge in [0.15, 0.2) is 0 Å². The predicted octanol–water partition coefficient (Wildman–Crippen LogP) is 3.03. The van der Waals surface area contributed by atoms with Crippen LogP contribution in [-0.2, 0) is 19.0 Å². The van der Waals surface area contributed by atoms with Crippen LogP contribution >= 0.6 is 0 Å². The van der Waals surface area contributed by atoms with E-state index in [0.717, 1.165) is 24.8 Å².